The third-order valence-electron chi connectivity index (χ3n) is 2.66. The van der Waals surface area contributed by atoms with E-state index in [1.54, 1.807) is 6.20 Å². The van der Waals surface area contributed by atoms with E-state index in [0.29, 0.717) is 6.42 Å². The van der Waals surface area contributed by atoms with Gasteiger partial charge in [-0.2, -0.15) is 0 Å². The largest absolute Gasteiger partial charge is 0.368 e. The Morgan fingerprint density at radius 1 is 1.47 bits per heavy atom. The first-order valence-corrected chi connectivity index (χ1v) is 5.73. The SMILES string of the molecule is CN(CCc1ccccn1)CCC(N)C(N)=O. The summed E-state index contributed by atoms with van der Waals surface area (Å²) in [6.07, 6.45) is 3.27. The minimum absolute atomic E-state index is 0.442. The molecule has 0 aromatic carbocycles. The van der Waals surface area contributed by atoms with Gasteiger partial charge in [-0.05, 0) is 32.1 Å². The Morgan fingerprint density at radius 2 is 2.24 bits per heavy atom. The summed E-state index contributed by atoms with van der Waals surface area (Å²) < 4.78 is 0. The summed E-state index contributed by atoms with van der Waals surface area (Å²) in [4.78, 5) is 17.1. The molecule has 1 heterocycles. The molecule has 0 aliphatic heterocycles. The maximum absolute atomic E-state index is 10.8. The molecule has 1 rings (SSSR count). The van der Waals surface area contributed by atoms with Crippen molar-refractivity contribution in [2.75, 3.05) is 20.1 Å². The van der Waals surface area contributed by atoms with Crippen LogP contribution in [-0.4, -0.2) is 42.0 Å². The van der Waals surface area contributed by atoms with Crippen molar-refractivity contribution in [3.05, 3.63) is 30.1 Å². The Balaban J connectivity index is 2.22. The molecule has 1 unspecified atom stereocenters. The summed E-state index contributed by atoms with van der Waals surface area (Å²) in [5.41, 5.74) is 11.7. The summed E-state index contributed by atoms with van der Waals surface area (Å²) in [5, 5.41) is 0. The molecule has 1 aromatic heterocycles. The van der Waals surface area contributed by atoms with Gasteiger partial charge in [-0.1, -0.05) is 6.07 Å². The van der Waals surface area contributed by atoms with Crippen LogP contribution in [0.4, 0.5) is 0 Å². The molecule has 1 atom stereocenters. The van der Waals surface area contributed by atoms with Gasteiger partial charge in [0, 0.05) is 24.9 Å². The van der Waals surface area contributed by atoms with Crippen LogP contribution in [0.15, 0.2) is 24.4 Å². The fourth-order valence-electron chi connectivity index (χ4n) is 1.46. The molecule has 1 aromatic rings. The third kappa shape index (κ3) is 5.42. The number of hydrogen-bond acceptors (Lipinski definition) is 4. The van der Waals surface area contributed by atoms with Crippen molar-refractivity contribution in [1.29, 1.82) is 0 Å². The summed E-state index contributed by atoms with van der Waals surface area (Å²) in [5.74, 6) is -0.442. The molecule has 0 saturated heterocycles. The number of aromatic nitrogens is 1. The molecule has 0 bridgehead atoms. The average Bonchev–Trinajstić information content (AvgIpc) is 2.34. The van der Waals surface area contributed by atoms with Crippen molar-refractivity contribution < 1.29 is 4.79 Å². The van der Waals surface area contributed by atoms with Crippen molar-refractivity contribution in [1.82, 2.24) is 9.88 Å². The number of nitrogens with zero attached hydrogens (tertiary/aromatic N) is 2. The molecular weight excluding hydrogens is 216 g/mol. The Bertz CT molecular complexity index is 342. The van der Waals surface area contributed by atoms with Crippen molar-refractivity contribution >= 4 is 5.91 Å². The van der Waals surface area contributed by atoms with Gasteiger partial charge in [0.1, 0.15) is 0 Å². The van der Waals surface area contributed by atoms with Crippen molar-refractivity contribution in [2.45, 2.75) is 18.9 Å². The lowest BCUT2D eigenvalue weighted by molar-refractivity contribution is -0.119. The fraction of sp³-hybridized carbons (Fsp3) is 0.500. The summed E-state index contributed by atoms with van der Waals surface area (Å²) >= 11 is 0. The van der Waals surface area contributed by atoms with Gasteiger partial charge in [-0.15, -0.1) is 0 Å². The Kier molecular flexibility index (Phi) is 5.59. The normalized spacial score (nSPS) is 12.6. The molecule has 5 nitrogen and oxygen atoms in total. The van der Waals surface area contributed by atoms with Crippen LogP contribution in [0.3, 0.4) is 0 Å². The summed E-state index contributed by atoms with van der Waals surface area (Å²) in [7, 11) is 2.00. The number of carbonyl (C=O) groups excluding carboxylic acids is 1. The van der Waals surface area contributed by atoms with Gasteiger partial charge in [0.2, 0.25) is 5.91 Å². The quantitative estimate of drug-likeness (QED) is 0.684. The maximum atomic E-state index is 10.8. The van der Waals surface area contributed by atoms with Gasteiger partial charge < -0.3 is 16.4 Å². The molecule has 94 valence electrons. The number of rotatable bonds is 7. The van der Waals surface area contributed by atoms with Crippen LogP contribution in [0.25, 0.3) is 0 Å². The standard InChI is InChI=1S/C12H20N4O/c1-16(9-6-11(13)12(14)17)8-5-10-4-2-3-7-15-10/h2-4,7,11H,5-6,8-9,13H2,1H3,(H2,14,17). The highest BCUT2D eigenvalue weighted by Gasteiger charge is 2.10. The number of primary amides is 1. The molecule has 0 fully saturated rings. The van der Waals surface area contributed by atoms with Crippen molar-refractivity contribution in [3.8, 4) is 0 Å². The van der Waals surface area contributed by atoms with Gasteiger partial charge >= 0.3 is 0 Å². The minimum Gasteiger partial charge on any atom is -0.368 e. The molecule has 17 heavy (non-hydrogen) atoms. The molecule has 0 aliphatic rings. The highest BCUT2D eigenvalue weighted by Crippen LogP contribution is 1.98. The van der Waals surface area contributed by atoms with Gasteiger partial charge in [-0.3, -0.25) is 9.78 Å². The van der Waals surface area contributed by atoms with Crippen LogP contribution in [0.2, 0.25) is 0 Å². The number of nitrogens with two attached hydrogens (primary N) is 2. The second kappa shape index (κ2) is 6.98. The second-order valence-electron chi connectivity index (χ2n) is 4.17. The Labute approximate surface area is 102 Å². The lowest BCUT2D eigenvalue weighted by atomic mass is 10.2. The van der Waals surface area contributed by atoms with E-state index in [1.807, 2.05) is 25.2 Å². The van der Waals surface area contributed by atoms with Gasteiger partial charge in [0.25, 0.3) is 0 Å². The van der Waals surface area contributed by atoms with Gasteiger partial charge in [-0.25, -0.2) is 0 Å². The van der Waals surface area contributed by atoms with Crippen LogP contribution >= 0.6 is 0 Å². The number of pyridine rings is 1. The fourth-order valence-corrected chi connectivity index (χ4v) is 1.46. The van der Waals surface area contributed by atoms with Crippen LogP contribution < -0.4 is 11.5 Å². The van der Waals surface area contributed by atoms with Gasteiger partial charge in [0.15, 0.2) is 0 Å². The van der Waals surface area contributed by atoms with E-state index in [-0.39, 0.29) is 0 Å². The molecule has 0 radical (unpaired) electrons. The number of likely N-dealkylation sites (N-methyl/N-ethyl adjacent to an activating group) is 1. The lowest BCUT2D eigenvalue weighted by Crippen LogP contribution is -2.39. The van der Waals surface area contributed by atoms with Crippen LogP contribution in [0.1, 0.15) is 12.1 Å². The van der Waals surface area contributed by atoms with Crippen molar-refractivity contribution in [2.24, 2.45) is 11.5 Å². The van der Waals surface area contributed by atoms with E-state index in [4.69, 9.17) is 11.5 Å². The first-order valence-electron chi connectivity index (χ1n) is 5.73. The highest BCUT2D eigenvalue weighted by atomic mass is 16.1. The Morgan fingerprint density at radius 3 is 2.82 bits per heavy atom. The van der Waals surface area contributed by atoms with E-state index < -0.39 is 11.9 Å². The molecular formula is C12H20N4O. The molecule has 0 aliphatic carbocycles. The van der Waals surface area contributed by atoms with Gasteiger partial charge in [0.05, 0.1) is 6.04 Å². The molecule has 1 amide bonds. The predicted octanol–water partition coefficient (Wildman–Crippen LogP) is -0.241. The molecule has 4 N–H and O–H groups in total. The van der Waals surface area contributed by atoms with E-state index in [0.717, 1.165) is 25.2 Å². The number of carbonyl (C=O) groups is 1. The molecule has 0 saturated carbocycles. The molecule has 5 heteroatoms. The summed E-state index contributed by atoms with van der Waals surface area (Å²) in [6, 6.07) is 5.33. The minimum atomic E-state index is -0.549. The summed E-state index contributed by atoms with van der Waals surface area (Å²) in [6.45, 7) is 1.65. The predicted molar refractivity (Wildman–Crippen MR) is 67.2 cm³/mol. The zero-order chi connectivity index (χ0) is 12.7. The number of hydrogen-bond donors (Lipinski definition) is 2. The van der Waals surface area contributed by atoms with Crippen LogP contribution in [0.5, 0.6) is 0 Å². The van der Waals surface area contributed by atoms with E-state index >= 15 is 0 Å². The second-order valence-corrected chi connectivity index (χ2v) is 4.17. The lowest BCUT2D eigenvalue weighted by Gasteiger charge is -2.17. The Hall–Kier alpha value is -1.46. The average molecular weight is 236 g/mol. The zero-order valence-electron chi connectivity index (χ0n) is 10.2. The van der Waals surface area contributed by atoms with Crippen LogP contribution in [-0.2, 0) is 11.2 Å². The third-order valence-corrected chi connectivity index (χ3v) is 2.66. The smallest absolute Gasteiger partial charge is 0.234 e. The zero-order valence-corrected chi connectivity index (χ0v) is 10.2. The van der Waals surface area contributed by atoms with Crippen molar-refractivity contribution in [3.63, 3.8) is 0 Å². The monoisotopic (exact) mass is 236 g/mol. The maximum Gasteiger partial charge on any atom is 0.234 e. The van der Waals surface area contributed by atoms with E-state index in [2.05, 4.69) is 9.88 Å². The number of amides is 1. The first-order chi connectivity index (χ1) is 8.09. The molecule has 0 spiro atoms. The first kappa shape index (κ1) is 13.6. The highest BCUT2D eigenvalue weighted by molar-refractivity contribution is 5.79. The van der Waals surface area contributed by atoms with E-state index in [9.17, 15) is 4.79 Å². The van der Waals surface area contributed by atoms with Crippen LogP contribution in [0, 0.1) is 0 Å². The van der Waals surface area contributed by atoms with E-state index in [1.165, 1.54) is 0 Å². The topological polar surface area (TPSA) is 85.2 Å².